The number of halogens is 2. The maximum absolute atomic E-state index is 13.5. The Hall–Kier alpha value is -2.02. The molecule has 110 valence electrons. The third kappa shape index (κ3) is 2.73. The van der Waals surface area contributed by atoms with Gasteiger partial charge in [-0.3, -0.25) is 4.79 Å². The number of nitrogens with zero attached hydrogens (tertiary/aromatic N) is 1. The molecule has 0 amide bonds. The second-order valence-electron chi connectivity index (χ2n) is 4.85. The van der Waals surface area contributed by atoms with Gasteiger partial charge in [-0.25, -0.2) is 13.8 Å². The van der Waals surface area contributed by atoms with E-state index in [4.69, 9.17) is 5.11 Å². The zero-order chi connectivity index (χ0) is 15.0. The van der Waals surface area contributed by atoms with Crippen LogP contribution >= 0.6 is 11.3 Å². The molecule has 1 heterocycles. The van der Waals surface area contributed by atoms with Crippen LogP contribution in [0.2, 0.25) is 0 Å². The first-order valence-electron chi connectivity index (χ1n) is 6.45. The molecule has 0 saturated carbocycles. The van der Waals surface area contributed by atoms with Crippen molar-refractivity contribution in [1.82, 2.24) is 4.98 Å². The van der Waals surface area contributed by atoms with Crippen molar-refractivity contribution in [2.24, 2.45) is 0 Å². The van der Waals surface area contributed by atoms with Crippen molar-refractivity contribution in [3.05, 3.63) is 46.0 Å². The lowest BCUT2D eigenvalue weighted by Gasteiger charge is -2.05. The molecule has 0 aliphatic heterocycles. The van der Waals surface area contributed by atoms with E-state index in [1.165, 1.54) is 11.3 Å². The highest BCUT2D eigenvalue weighted by atomic mass is 32.1. The monoisotopic (exact) mass is 310 g/mol. The van der Waals surface area contributed by atoms with E-state index in [0.717, 1.165) is 23.1 Å². The second-order valence-corrected chi connectivity index (χ2v) is 5.93. The molecule has 21 heavy (non-hydrogen) atoms. The van der Waals surface area contributed by atoms with Gasteiger partial charge in [0.2, 0.25) is 0 Å². The van der Waals surface area contributed by atoms with Gasteiger partial charge in [-0.1, -0.05) is 0 Å². The van der Waals surface area contributed by atoms with Gasteiger partial charge in [0, 0.05) is 17.0 Å². The first-order valence-corrected chi connectivity index (χ1v) is 7.26. The first-order chi connectivity index (χ1) is 10.0. The van der Waals surface area contributed by atoms with E-state index in [0.29, 0.717) is 23.7 Å². The Morgan fingerprint density at radius 3 is 3.05 bits per heavy atom. The minimum Gasteiger partial charge on any atom is -0.481 e. The molecule has 4 nitrogen and oxygen atoms in total. The maximum atomic E-state index is 13.5. The quantitative estimate of drug-likeness (QED) is 0.910. The van der Waals surface area contributed by atoms with Gasteiger partial charge in [0.15, 0.2) is 5.13 Å². The summed E-state index contributed by atoms with van der Waals surface area (Å²) in [4.78, 5) is 16.3. The number of nitrogens with one attached hydrogen (secondary N) is 1. The van der Waals surface area contributed by atoms with Crippen LogP contribution in [0.3, 0.4) is 0 Å². The summed E-state index contributed by atoms with van der Waals surface area (Å²) in [6.07, 6.45) is 1.27. The number of carboxylic acid groups (broad SMARTS) is 1. The van der Waals surface area contributed by atoms with Crippen molar-refractivity contribution in [1.29, 1.82) is 0 Å². The number of hydrogen-bond donors (Lipinski definition) is 2. The van der Waals surface area contributed by atoms with E-state index in [2.05, 4.69) is 10.3 Å². The van der Waals surface area contributed by atoms with Crippen LogP contribution in [0.25, 0.3) is 0 Å². The van der Waals surface area contributed by atoms with Gasteiger partial charge in [-0.05, 0) is 31.0 Å². The zero-order valence-electron chi connectivity index (χ0n) is 10.9. The number of rotatable bonds is 4. The molecule has 0 radical (unpaired) electrons. The van der Waals surface area contributed by atoms with Crippen LogP contribution in [-0.2, 0) is 17.8 Å². The summed E-state index contributed by atoms with van der Waals surface area (Å²) in [6.45, 7) is 0.105. The molecule has 0 spiro atoms. The molecule has 1 aromatic heterocycles. The highest BCUT2D eigenvalue weighted by Crippen LogP contribution is 2.38. The number of aliphatic carboxylic acids is 1. The van der Waals surface area contributed by atoms with E-state index < -0.39 is 23.5 Å². The number of fused-ring (bicyclic) bond motifs is 1. The van der Waals surface area contributed by atoms with E-state index >= 15 is 0 Å². The van der Waals surface area contributed by atoms with Gasteiger partial charge in [0.05, 0.1) is 5.69 Å². The summed E-state index contributed by atoms with van der Waals surface area (Å²) in [5.41, 5.74) is 0.801. The Morgan fingerprint density at radius 1 is 1.48 bits per heavy atom. The molecule has 0 fully saturated rings. The van der Waals surface area contributed by atoms with Gasteiger partial charge in [0.25, 0.3) is 0 Å². The number of aromatic nitrogens is 1. The summed E-state index contributed by atoms with van der Waals surface area (Å²) < 4.78 is 26.6. The van der Waals surface area contributed by atoms with Crippen molar-refractivity contribution in [3.63, 3.8) is 0 Å². The highest BCUT2D eigenvalue weighted by Gasteiger charge is 2.32. The number of carbonyl (C=O) groups is 1. The third-order valence-corrected chi connectivity index (χ3v) is 4.54. The fourth-order valence-electron chi connectivity index (χ4n) is 2.39. The van der Waals surface area contributed by atoms with Gasteiger partial charge in [-0.15, -0.1) is 11.3 Å². The van der Waals surface area contributed by atoms with E-state index in [1.807, 2.05) is 0 Å². The molecule has 2 N–H and O–H groups in total. The molecular formula is C14H12F2N2O2S. The van der Waals surface area contributed by atoms with Crippen molar-refractivity contribution >= 4 is 22.4 Å². The number of thiazole rings is 1. The normalized spacial score (nSPS) is 16.8. The Balaban J connectivity index is 1.74. The molecule has 2 aromatic rings. The molecule has 1 unspecified atom stereocenters. The average molecular weight is 310 g/mol. The van der Waals surface area contributed by atoms with Gasteiger partial charge >= 0.3 is 5.97 Å². The Bertz CT molecular complexity index is 702. The summed E-state index contributed by atoms with van der Waals surface area (Å²) in [5.74, 6) is -2.42. The predicted molar refractivity (Wildman–Crippen MR) is 74.5 cm³/mol. The lowest BCUT2D eigenvalue weighted by molar-refractivity contribution is -0.138. The number of carboxylic acids is 1. The van der Waals surface area contributed by atoms with Crippen LogP contribution < -0.4 is 5.32 Å². The molecule has 1 aromatic carbocycles. The van der Waals surface area contributed by atoms with Crippen molar-refractivity contribution in [2.75, 3.05) is 5.32 Å². The average Bonchev–Trinajstić information content (AvgIpc) is 2.99. The van der Waals surface area contributed by atoms with Gasteiger partial charge in [0.1, 0.15) is 17.6 Å². The molecule has 1 aliphatic carbocycles. The first kappa shape index (κ1) is 13.9. The molecule has 3 rings (SSSR count). The van der Waals surface area contributed by atoms with Crippen molar-refractivity contribution < 1.29 is 18.7 Å². The van der Waals surface area contributed by atoms with Crippen LogP contribution in [0.4, 0.5) is 13.9 Å². The lowest BCUT2D eigenvalue weighted by Crippen LogP contribution is -2.09. The molecule has 1 aliphatic rings. The Morgan fingerprint density at radius 2 is 2.29 bits per heavy atom. The summed E-state index contributed by atoms with van der Waals surface area (Å²) >= 11 is 1.37. The van der Waals surface area contributed by atoms with Gasteiger partial charge in [-0.2, -0.15) is 0 Å². The SMILES string of the molecule is O=C(O)C1CCc2sc(NCc3cc(F)ccc3F)nc21. The zero-order valence-corrected chi connectivity index (χ0v) is 11.7. The fourth-order valence-corrected chi connectivity index (χ4v) is 3.43. The minimum absolute atomic E-state index is 0.105. The van der Waals surface area contributed by atoms with Crippen LogP contribution in [0.5, 0.6) is 0 Å². The summed E-state index contributed by atoms with van der Waals surface area (Å²) in [5, 5.41) is 12.6. The second kappa shape index (κ2) is 5.40. The van der Waals surface area contributed by atoms with Crippen molar-refractivity contribution in [2.45, 2.75) is 25.3 Å². The fraction of sp³-hybridized carbons (Fsp3) is 0.286. The maximum Gasteiger partial charge on any atom is 0.312 e. The molecule has 7 heteroatoms. The highest BCUT2D eigenvalue weighted by molar-refractivity contribution is 7.15. The molecule has 0 bridgehead atoms. The molecular weight excluding hydrogens is 298 g/mol. The van der Waals surface area contributed by atoms with Crippen molar-refractivity contribution in [3.8, 4) is 0 Å². The van der Waals surface area contributed by atoms with Crippen LogP contribution in [-0.4, -0.2) is 16.1 Å². The Kier molecular flexibility index (Phi) is 3.59. The molecule has 1 atom stereocenters. The minimum atomic E-state index is -0.873. The lowest BCUT2D eigenvalue weighted by atomic mass is 10.1. The van der Waals surface area contributed by atoms with E-state index in [1.54, 1.807) is 0 Å². The third-order valence-electron chi connectivity index (χ3n) is 3.45. The number of aryl methyl sites for hydroxylation is 1. The summed E-state index contributed by atoms with van der Waals surface area (Å²) in [6, 6.07) is 3.27. The van der Waals surface area contributed by atoms with Crippen LogP contribution in [0.15, 0.2) is 18.2 Å². The Labute approximate surface area is 123 Å². The largest absolute Gasteiger partial charge is 0.481 e. The van der Waals surface area contributed by atoms with E-state index in [-0.39, 0.29) is 12.1 Å². The smallest absolute Gasteiger partial charge is 0.312 e. The topological polar surface area (TPSA) is 62.2 Å². The van der Waals surface area contributed by atoms with E-state index in [9.17, 15) is 13.6 Å². The summed E-state index contributed by atoms with van der Waals surface area (Å²) in [7, 11) is 0. The predicted octanol–water partition coefficient (Wildman–Crippen LogP) is 3.15. The van der Waals surface area contributed by atoms with Gasteiger partial charge < -0.3 is 10.4 Å². The standard InChI is InChI=1S/C14H12F2N2O2S/c15-8-1-3-10(16)7(5-8)6-17-14-18-12-9(13(19)20)2-4-11(12)21-14/h1,3,5,9H,2,4,6H2,(H,17,18)(H,19,20). The molecule has 0 saturated heterocycles. The number of hydrogen-bond acceptors (Lipinski definition) is 4. The van der Waals surface area contributed by atoms with Crippen LogP contribution in [0, 0.1) is 11.6 Å². The van der Waals surface area contributed by atoms with Crippen LogP contribution in [0.1, 0.15) is 28.5 Å². The number of anilines is 1. The number of benzene rings is 1.